The van der Waals surface area contributed by atoms with Gasteiger partial charge in [-0.05, 0) is 44.7 Å². The van der Waals surface area contributed by atoms with Crippen LogP contribution in [0.15, 0.2) is 5.16 Å². The third-order valence-corrected chi connectivity index (χ3v) is 4.15. The van der Waals surface area contributed by atoms with Gasteiger partial charge in [-0.15, -0.1) is 0 Å². The number of nitrogens with two attached hydrogens (primary N) is 1. The minimum absolute atomic E-state index is 0.320. The summed E-state index contributed by atoms with van der Waals surface area (Å²) in [4.78, 5) is 2.64. The molecule has 2 fully saturated rings. The number of oxime groups is 1. The highest BCUT2D eigenvalue weighted by Gasteiger charge is 2.34. The van der Waals surface area contributed by atoms with Crippen LogP contribution in [0.25, 0.3) is 0 Å². The van der Waals surface area contributed by atoms with E-state index in [0.29, 0.717) is 18.3 Å². The van der Waals surface area contributed by atoms with E-state index < -0.39 is 0 Å². The summed E-state index contributed by atoms with van der Waals surface area (Å²) in [6.07, 6.45) is 5.76. The van der Waals surface area contributed by atoms with E-state index in [9.17, 15) is 0 Å². The number of rotatable bonds is 7. The largest absolute Gasteiger partial charge is 0.409 e. The molecule has 2 unspecified atom stereocenters. The van der Waals surface area contributed by atoms with E-state index in [2.05, 4.69) is 22.3 Å². The predicted molar refractivity (Wildman–Crippen MR) is 72.8 cm³/mol. The Bertz CT molecular complexity index is 291. The summed E-state index contributed by atoms with van der Waals surface area (Å²) in [6, 6.07) is 1.23. The Morgan fingerprint density at radius 1 is 1.50 bits per heavy atom. The average Bonchev–Trinajstić information content (AvgIpc) is 3.13. The third-order valence-electron chi connectivity index (χ3n) is 4.15. The maximum atomic E-state index is 8.59. The molecule has 1 saturated carbocycles. The Morgan fingerprint density at radius 3 is 2.89 bits per heavy atom. The Hall–Kier alpha value is -0.810. The van der Waals surface area contributed by atoms with E-state index in [1.54, 1.807) is 0 Å². The summed E-state index contributed by atoms with van der Waals surface area (Å²) in [5.74, 6) is 1.09. The van der Waals surface area contributed by atoms with Crippen LogP contribution in [0.5, 0.6) is 0 Å². The molecule has 5 heteroatoms. The third kappa shape index (κ3) is 3.85. The van der Waals surface area contributed by atoms with Gasteiger partial charge in [-0.1, -0.05) is 12.1 Å². The van der Waals surface area contributed by atoms with Gasteiger partial charge < -0.3 is 21.2 Å². The quantitative estimate of drug-likeness (QED) is 0.274. The standard InChI is InChI=1S/C13H26N4O/c1-2-11(7-13(14)16-18)15-8-10-5-6-17(9-10)12-3-4-12/h10-12,15,18H,2-9H2,1H3,(H2,14,16). The zero-order valence-corrected chi connectivity index (χ0v) is 11.3. The lowest BCUT2D eigenvalue weighted by atomic mass is 10.1. The number of likely N-dealkylation sites (tertiary alicyclic amines) is 1. The summed E-state index contributed by atoms with van der Waals surface area (Å²) in [5.41, 5.74) is 5.55. The van der Waals surface area contributed by atoms with Crippen LogP contribution in [0.1, 0.15) is 39.0 Å². The Balaban J connectivity index is 1.66. The summed E-state index contributed by atoms with van der Waals surface area (Å²) < 4.78 is 0. The molecule has 104 valence electrons. The first-order valence-electron chi connectivity index (χ1n) is 7.16. The van der Waals surface area contributed by atoms with Gasteiger partial charge in [-0.2, -0.15) is 0 Å². The number of amidine groups is 1. The molecule has 0 radical (unpaired) electrons. The highest BCUT2D eigenvalue weighted by molar-refractivity contribution is 5.80. The molecule has 0 spiro atoms. The van der Waals surface area contributed by atoms with Gasteiger partial charge in [-0.3, -0.25) is 0 Å². The molecule has 0 aromatic rings. The molecule has 2 aliphatic rings. The maximum absolute atomic E-state index is 8.59. The van der Waals surface area contributed by atoms with E-state index in [1.165, 1.54) is 32.4 Å². The highest BCUT2D eigenvalue weighted by atomic mass is 16.4. The van der Waals surface area contributed by atoms with Crippen molar-refractivity contribution in [3.63, 3.8) is 0 Å². The molecule has 0 amide bonds. The normalized spacial score (nSPS) is 27.6. The van der Waals surface area contributed by atoms with E-state index >= 15 is 0 Å². The Morgan fingerprint density at radius 2 is 2.28 bits per heavy atom. The zero-order valence-electron chi connectivity index (χ0n) is 11.3. The average molecular weight is 254 g/mol. The minimum atomic E-state index is 0.320. The molecular weight excluding hydrogens is 228 g/mol. The molecule has 0 aromatic heterocycles. The van der Waals surface area contributed by atoms with Crippen molar-refractivity contribution in [1.82, 2.24) is 10.2 Å². The van der Waals surface area contributed by atoms with Crippen LogP contribution in [-0.2, 0) is 0 Å². The fourth-order valence-corrected chi connectivity index (χ4v) is 2.79. The van der Waals surface area contributed by atoms with Crippen LogP contribution >= 0.6 is 0 Å². The van der Waals surface area contributed by atoms with Crippen molar-refractivity contribution in [2.75, 3.05) is 19.6 Å². The van der Waals surface area contributed by atoms with E-state index in [0.717, 1.165) is 24.9 Å². The van der Waals surface area contributed by atoms with E-state index in [4.69, 9.17) is 10.9 Å². The van der Waals surface area contributed by atoms with Gasteiger partial charge in [0, 0.05) is 25.0 Å². The van der Waals surface area contributed by atoms with Gasteiger partial charge in [-0.25, -0.2) is 0 Å². The number of nitrogens with zero attached hydrogens (tertiary/aromatic N) is 2. The van der Waals surface area contributed by atoms with Gasteiger partial charge >= 0.3 is 0 Å². The second-order valence-corrected chi connectivity index (χ2v) is 5.69. The lowest BCUT2D eigenvalue weighted by molar-refractivity contribution is 0.307. The van der Waals surface area contributed by atoms with Crippen molar-refractivity contribution in [3.8, 4) is 0 Å². The zero-order chi connectivity index (χ0) is 13.0. The van der Waals surface area contributed by atoms with Gasteiger partial charge in [0.05, 0.1) is 0 Å². The lowest BCUT2D eigenvalue weighted by Gasteiger charge is -2.19. The van der Waals surface area contributed by atoms with Gasteiger partial charge in [0.15, 0.2) is 0 Å². The fraction of sp³-hybridized carbons (Fsp3) is 0.923. The van der Waals surface area contributed by atoms with Crippen LogP contribution in [0, 0.1) is 5.92 Å². The summed E-state index contributed by atoms with van der Waals surface area (Å²) in [6.45, 7) is 5.71. The van der Waals surface area contributed by atoms with Gasteiger partial charge in [0.25, 0.3) is 0 Å². The molecule has 1 heterocycles. The van der Waals surface area contributed by atoms with Crippen molar-refractivity contribution in [3.05, 3.63) is 0 Å². The first-order valence-corrected chi connectivity index (χ1v) is 7.16. The second kappa shape index (κ2) is 6.38. The number of hydrogen-bond acceptors (Lipinski definition) is 4. The van der Waals surface area contributed by atoms with Crippen LogP contribution in [-0.4, -0.2) is 47.7 Å². The van der Waals surface area contributed by atoms with Crippen LogP contribution in [0.4, 0.5) is 0 Å². The molecule has 5 nitrogen and oxygen atoms in total. The molecule has 0 bridgehead atoms. The summed E-state index contributed by atoms with van der Waals surface area (Å²) in [5, 5.41) is 15.2. The minimum Gasteiger partial charge on any atom is -0.409 e. The van der Waals surface area contributed by atoms with Crippen molar-refractivity contribution >= 4 is 5.84 Å². The molecule has 2 atom stereocenters. The molecule has 1 saturated heterocycles. The smallest absolute Gasteiger partial charge is 0.140 e. The van der Waals surface area contributed by atoms with Gasteiger partial charge in [0.1, 0.15) is 5.84 Å². The highest BCUT2D eigenvalue weighted by Crippen LogP contribution is 2.31. The topological polar surface area (TPSA) is 73.9 Å². The Kier molecular flexibility index (Phi) is 4.83. The van der Waals surface area contributed by atoms with Crippen molar-refractivity contribution in [2.45, 2.75) is 51.1 Å². The van der Waals surface area contributed by atoms with Crippen LogP contribution in [0.2, 0.25) is 0 Å². The SMILES string of the molecule is CCC(CC(N)=NO)NCC1CCN(C2CC2)C1. The van der Waals surface area contributed by atoms with Crippen LogP contribution in [0.3, 0.4) is 0 Å². The first kappa shape index (κ1) is 13.6. The monoisotopic (exact) mass is 254 g/mol. The molecular formula is C13H26N4O. The molecule has 1 aliphatic heterocycles. The summed E-state index contributed by atoms with van der Waals surface area (Å²) >= 11 is 0. The number of hydrogen-bond donors (Lipinski definition) is 3. The summed E-state index contributed by atoms with van der Waals surface area (Å²) in [7, 11) is 0. The Labute approximate surface area is 109 Å². The maximum Gasteiger partial charge on any atom is 0.140 e. The fourth-order valence-electron chi connectivity index (χ4n) is 2.79. The molecule has 1 aliphatic carbocycles. The molecule has 2 rings (SSSR count). The first-order chi connectivity index (χ1) is 8.72. The lowest BCUT2D eigenvalue weighted by Crippen LogP contribution is -2.37. The van der Waals surface area contributed by atoms with Gasteiger partial charge in [0.2, 0.25) is 0 Å². The van der Waals surface area contributed by atoms with Crippen molar-refractivity contribution in [2.24, 2.45) is 16.8 Å². The van der Waals surface area contributed by atoms with Crippen molar-refractivity contribution < 1.29 is 5.21 Å². The molecule has 4 N–H and O–H groups in total. The molecule has 0 aromatic carbocycles. The van der Waals surface area contributed by atoms with E-state index in [-0.39, 0.29) is 0 Å². The van der Waals surface area contributed by atoms with Crippen molar-refractivity contribution in [1.29, 1.82) is 0 Å². The van der Waals surface area contributed by atoms with E-state index in [1.807, 2.05) is 0 Å². The number of nitrogens with one attached hydrogen (secondary N) is 1. The predicted octanol–water partition coefficient (Wildman–Crippen LogP) is 0.975. The second-order valence-electron chi connectivity index (χ2n) is 5.69. The van der Waals surface area contributed by atoms with Crippen LogP contribution < -0.4 is 11.1 Å². The molecule has 18 heavy (non-hydrogen) atoms.